The van der Waals surface area contributed by atoms with Crippen molar-refractivity contribution in [2.45, 2.75) is 25.3 Å². The summed E-state index contributed by atoms with van der Waals surface area (Å²) in [6.07, 6.45) is 0. The van der Waals surface area contributed by atoms with Crippen molar-refractivity contribution in [2.24, 2.45) is 0 Å². The number of likely N-dealkylation sites (N-methyl/N-ethyl adjacent to an activating group) is 1. The van der Waals surface area contributed by atoms with E-state index in [9.17, 15) is 13.2 Å². The van der Waals surface area contributed by atoms with Crippen LogP contribution in [0.3, 0.4) is 0 Å². The number of aryl methyl sites for hydroxylation is 1. The van der Waals surface area contributed by atoms with Gasteiger partial charge in [-0.2, -0.15) is 4.31 Å². The van der Waals surface area contributed by atoms with Gasteiger partial charge in [0, 0.05) is 31.7 Å². The fourth-order valence-electron chi connectivity index (χ4n) is 4.00. The quantitative estimate of drug-likeness (QED) is 0.284. The molecule has 1 aromatic heterocycles. The zero-order chi connectivity index (χ0) is 26.6. The average Bonchev–Trinajstić information content (AvgIpc) is 3.33. The smallest absolute Gasteiger partial charge is 0.260 e. The number of fused-ring (bicyclic) bond motifs is 1. The van der Waals surface area contributed by atoms with Gasteiger partial charge in [-0.05, 0) is 62.5 Å². The Morgan fingerprint density at radius 2 is 1.62 bits per heavy atom. The SMILES string of the molecule is CCN(Cc1ccccc1)S(=O)(=O)c1ccc(C(=O)N(CCN(C)C)c2nc3c(C)cccc3s2)cc1. The molecule has 0 spiro atoms. The van der Waals surface area contributed by atoms with Crippen LogP contribution < -0.4 is 4.90 Å². The highest BCUT2D eigenvalue weighted by molar-refractivity contribution is 7.89. The number of hydrogen-bond donors (Lipinski definition) is 0. The maximum Gasteiger partial charge on any atom is 0.260 e. The molecule has 9 heteroatoms. The topological polar surface area (TPSA) is 73.8 Å². The Bertz CT molecular complexity index is 1470. The zero-order valence-corrected chi connectivity index (χ0v) is 23.2. The number of carbonyl (C=O) groups is 1. The number of hydrogen-bond acceptors (Lipinski definition) is 6. The number of sulfonamides is 1. The van der Waals surface area contributed by atoms with Crippen molar-refractivity contribution in [3.8, 4) is 0 Å². The number of aromatic nitrogens is 1. The molecule has 0 atom stereocenters. The number of anilines is 1. The number of thiazole rings is 1. The number of nitrogens with zero attached hydrogens (tertiary/aromatic N) is 4. The first kappa shape index (κ1) is 26.9. The first-order valence-electron chi connectivity index (χ1n) is 12.2. The fraction of sp³-hybridized carbons (Fsp3) is 0.286. The lowest BCUT2D eigenvalue weighted by molar-refractivity contribution is 0.0985. The third-order valence-corrected chi connectivity index (χ3v) is 9.13. The van der Waals surface area contributed by atoms with E-state index < -0.39 is 10.0 Å². The van der Waals surface area contributed by atoms with Crippen molar-refractivity contribution in [3.63, 3.8) is 0 Å². The Morgan fingerprint density at radius 3 is 2.24 bits per heavy atom. The van der Waals surface area contributed by atoms with Crippen LogP contribution in [0.1, 0.15) is 28.4 Å². The van der Waals surface area contributed by atoms with Crippen molar-refractivity contribution < 1.29 is 13.2 Å². The Labute approximate surface area is 223 Å². The monoisotopic (exact) mass is 536 g/mol. The van der Waals surface area contributed by atoms with E-state index in [1.165, 1.54) is 27.8 Å². The third-order valence-electron chi connectivity index (χ3n) is 6.15. The van der Waals surface area contributed by atoms with Crippen LogP contribution in [0, 0.1) is 6.92 Å². The van der Waals surface area contributed by atoms with Crippen molar-refractivity contribution in [3.05, 3.63) is 89.5 Å². The van der Waals surface area contributed by atoms with Crippen LogP contribution in [0.25, 0.3) is 10.2 Å². The molecule has 4 aromatic rings. The Morgan fingerprint density at radius 1 is 0.919 bits per heavy atom. The normalized spacial score (nSPS) is 11.9. The zero-order valence-electron chi connectivity index (χ0n) is 21.6. The summed E-state index contributed by atoms with van der Waals surface area (Å²) in [6, 6.07) is 21.7. The second kappa shape index (κ2) is 11.5. The molecule has 0 aliphatic rings. The molecule has 7 nitrogen and oxygen atoms in total. The molecule has 37 heavy (non-hydrogen) atoms. The van der Waals surface area contributed by atoms with Gasteiger partial charge in [-0.3, -0.25) is 9.69 Å². The van der Waals surface area contributed by atoms with E-state index in [1.54, 1.807) is 17.0 Å². The van der Waals surface area contributed by atoms with Crippen LogP contribution in [0.4, 0.5) is 5.13 Å². The second-order valence-electron chi connectivity index (χ2n) is 9.12. The van der Waals surface area contributed by atoms with Gasteiger partial charge in [0.15, 0.2) is 5.13 Å². The summed E-state index contributed by atoms with van der Waals surface area (Å²) in [6.45, 7) is 5.58. The van der Waals surface area contributed by atoms with Crippen LogP contribution >= 0.6 is 11.3 Å². The van der Waals surface area contributed by atoms with Crippen molar-refractivity contribution in [2.75, 3.05) is 38.6 Å². The minimum absolute atomic E-state index is 0.164. The summed E-state index contributed by atoms with van der Waals surface area (Å²) in [5, 5.41) is 0.632. The molecule has 0 saturated heterocycles. The summed E-state index contributed by atoms with van der Waals surface area (Å²) < 4.78 is 29.1. The number of carbonyl (C=O) groups excluding carboxylic acids is 1. The van der Waals surface area contributed by atoms with E-state index in [1.807, 2.05) is 81.4 Å². The standard InChI is InChI=1S/C28H32N4O3S2/c1-5-31(20-22-11-7-6-8-12-22)37(34,35)24-16-14-23(15-17-24)27(33)32(19-18-30(3)4)28-29-26-21(2)10-9-13-25(26)36-28/h6-17H,5,18-20H2,1-4H3. The van der Waals surface area contributed by atoms with Crippen molar-refractivity contribution in [1.29, 1.82) is 0 Å². The summed E-state index contributed by atoms with van der Waals surface area (Å²) in [5.41, 5.74) is 3.29. The van der Waals surface area contributed by atoms with Crippen molar-refractivity contribution in [1.82, 2.24) is 14.2 Å². The van der Waals surface area contributed by atoms with Gasteiger partial charge in [0.05, 0.1) is 15.1 Å². The summed E-state index contributed by atoms with van der Waals surface area (Å²) in [7, 11) is 0.200. The largest absolute Gasteiger partial charge is 0.308 e. The minimum Gasteiger partial charge on any atom is -0.308 e. The molecule has 0 unspecified atom stereocenters. The molecule has 0 radical (unpaired) electrons. The van der Waals surface area contributed by atoms with Crippen LogP contribution in [0.15, 0.2) is 77.7 Å². The molecule has 0 aliphatic heterocycles. The van der Waals surface area contributed by atoms with Crippen molar-refractivity contribution >= 4 is 42.6 Å². The van der Waals surface area contributed by atoms with Gasteiger partial charge in [0.2, 0.25) is 10.0 Å². The molecular weight excluding hydrogens is 504 g/mol. The molecule has 3 aromatic carbocycles. The van der Waals surface area contributed by atoms with E-state index in [-0.39, 0.29) is 17.3 Å². The molecule has 1 amide bonds. The maximum atomic E-state index is 13.6. The fourth-order valence-corrected chi connectivity index (χ4v) is 6.51. The van der Waals surface area contributed by atoms with E-state index in [0.29, 0.717) is 30.3 Å². The van der Waals surface area contributed by atoms with Gasteiger partial charge in [-0.15, -0.1) is 0 Å². The van der Waals surface area contributed by atoms with Gasteiger partial charge in [-0.1, -0.05) is 60.7 Å². The lowest BCUT2D eigenvalue weighted by Crippen LogP contribution is -2.36. The maximum absolute atomic E-state index is 13.6. The summed E-state index contributed by atoms with van der Waals surface area (Å²) >= 11 is 1.48. The Balaban J connectivity index is 1.60. The molecule has 194 valence electrons. The van der Waals surface area contributed by atoms with Crippen LogP contribution in [-0.2, 0) is 16.6 Å². The third kappa shape index (κ3) is 6.07. The van der Waals surface area contributed by atoms with E-state index in [0.717, 1.165) is 21.3 Å². The average molecular weight is 537 g/mol. The lowest BCUT2D eigenvalue weighted by atomic mass is 10.2. The molecule has 0 saturated carbocycles. The van der Waals surface area contributed by atoms with E-state index >= 15 is 0 Å². The second-order valence-corrected chi connectivity index (χ2v) is 12.1. The van der Waals surface area contributed by atoms with Crippen LogP contribution in [0.5, 0.6) is 0 Å². The van der Waals surface area contributed by atoms with E-state index in [4.69, 9.17) is 4.98 Å². The van der Waals surface area contributed by atoms with E-state index in [2.05, 4.69) is 0 Å². The van der Waals surface area contributed by atoms with Gasteiger partial charge >= 0.3 is 0 Å². The van der Waals surface area contributed by atoms with Crippen LogP contribution in [0.2, 0.25) is 0 Å². The van der Waals surface area contributed by atoms with Crippen LogP contribution in [-0.4, -0.2) is 62.2 Å². The highest BCUT2D eigenvalue weighted by atomic mass is 32.2. The molecule has 1 heterocycles. The molecule has 0 N–H and O–H groups in total. The first-order chi connectivity index (χ1) is 17.7. The Hall–Kier alpha value is -3.11. The summed E-state index contributed by atoms with van der Waals surface area (Å²) in [4.78, 5) is 22.3. The number of benzene rings is 3. The number of para-hydroxylation sites is 1. The highest BCUT2D eigenvalue weighted by Crippen LogP contribution is 2.31. The highest BCUT2D eigenvalue weighted by Gasteiger charge is 2.25. The molecular formula is C28H32N4O3S2. The van der Waals surface area contributed by atoms with Gasteiger partial charge < -0.3 is 4.90 Å². The molecule has 4 rings (SSSR count). The number of amides is 1. The minimum atomic E-state index is -3.72. The van der Waals surface area contributed by atoms with Gasteiger partial charge in [0.25, 0.3) is 5.91 Å². The lowest BCUT2D eigenvalue weighted by Gasteiger charge is -2.23. The molecule has 0 aliphatic carbocycles. The Kier molecular flexibility index (Phi) is 8.39. The molecule has 0 bridgehead atoms. The number of rotatable bonds is 10. The predicted octanol–water partition coefficient (Wildman–Crippen LogP) is 5.02. The van der Waals surface area contributed by atoms with Gasteiger partial charge in [-0.25, -0.2) is 13.4 Å². The first-order valence-corrected chi connectivity index (χ1v) is 14.4. The predicted molar refractivity (Wildman–Crippen MR) is 151 cm³/mol. The molecule has 0 fully saturated rings. The summed E-state index contributed by atoms with van der Waals surface area (Å²) in [5.74, 6) is -0.209. The van der Waals surface area contributed by atoms with Gasteiger partial charge in [0.1, 0.15) is 0 Å².